The molecule has 0 aliphatic carbocycles. The van der Waals surface area contributed by atoms with Crippen LogP contribution in [0.25, 0.3) is 0 Å². The number of hydrogen-bond acceptors (Lipinski definition) is 2. The summed E-state index contributed by atoms with van der Waals surface area (Å²) in [5, 5.41) is 0. The van der Waals surface area contributed by atoms with Gasteiger partial charge in [0, 0.05) is 0 Å². The molecule has 1 aromatic rings. The summed E-state index contributed by atoms with van der Waals surface area (Å²) >= 11 is 0. The highest BCUT2D eigenvalue weighted by Crippen LogP contribution is 2.13. The summed E-state index contributed by atoms with van der Waals surface area (Å²) in [5.74, 6) is -0.498. The van der Waals surface area contributed by atoms with E-state index < -0.39 is 15.9 Å². The fourth-order valence-corrected chi connectivity index (χ4v) is 1.34. The Morgan fingerprint density at radius 1 is 1.42 bits per heavy atom. The number of hydrogen-bond donors (Lipinski definition) is 1. The van der Waals surface area contributed by atoms with Crippen LogP contribution >= 0.6 is 0 Å². The van der Waals surface area contributed by atoms with Gasteiger partial charge >= 0.3 is 0 Å². The Balaban J connectivity index is 3.33. The summed E-state index contributed by atoms with van der Waals surface area (Å²) in [6, 6.07) is 3.08. The molecule has 0 atom stereocenters. The van der Waals surface area contributed by atoms with Gasteiger partial charge in [-0.15, -0.1) is 0 Å². The van der Waals surface area contributed by atoms with E-state index in [9.17, 15) is 12.8 Å². The van der Waals surface area contributed by atoms with Gasteiger partial charge < -0.3 is 0 Å². The van der Waals surface area contributed by atoms with Crippen LogP contribution in [0.3, 0.4) is 0 Å². The van der Waals surface area contributed by atoms with Gasteiger partial charge in [-0.25, -0.2) is 4.39 Å². The van der Waals surface area contributed by atoms with Gasteiger partial charge in [-0.3, -0.25) is 4.55 Å². The van der Waals surface area contributed by atoms with Gasteiger partial charge in [0.25, 0.3) is 10.1 Å². The standard InChI is InChI=1S/C7H7FO3S/c1-5-4-6(12(9,10)11)2-3-7(5)8/h2-4H,1H3,(H,9,10,11). The molecule has 12 heavy (non-hydrogen) atoms. The molecule has 1 N–H and O–H groups in total. The van der Waals surface area contributed by atoms with Crippen molar-refractivity contribution in [3.8, 4) is 0 Å². The Hall–Kier alpha value is -0.940. The highest BCUT2D eigenvalue weighted by molar-refractivity contribution is 7.85. The minimum atomic E-state index is -4.21. The molecule has 5 heteroatoms. The molecule has 0 amide bonds. The van der Waals surface area contributed by atoms with Crippen LogP contribution in [0.5, 0.6) is 0 Å². The molecule has 3 nitrogen and oxygen atoms in total. The van der Waals surface area contributed by atoms with Crippen LogP contribution in [0, 0.1) is 12.7 Å². The molecular weight excluding hydrogens is 183 g/mol. The number of rotatable bonds is 1. The lowest BCUT2D eigenvalue weighted by molar-refractivity contribution is 0.482. The largest absolute Gasteiger partial charge is 0.294 e. The van der Waals surface area contributed by atoms with Crippen molar-refractivity contribution in [2.24, 2.45) is 0 Å². The minimum Gasteiger partial charge on any atom is -0.282 e. The maximum atomic E-state index is 12.6. The van der Waals surface area contributed by atoms with Crippen molar-refractivity contribution >= 4 is 10.1 Å². The third-order valence-electron chi connectivity index (χ3n) is 1.43. The van der Waals surface area contributed by atoms with Gasteiger partial charge in [-0.05, 0) is 30.7 Å². The summed E-state index contributed by atoms with van der Waals surface area (Å²) in [6.45, 7) is 1.42. The second kappa shape index (κ2) is 2.84. The van der Waals surface area contributed by atoms with Crippen molar-refractivity contribution in [1.82, 2.24) is 0 Å². The van der Waals surface area contributed by atoms with E-state index in [0.29, 0.717) is 0 Å². The van der Waals surface area contributed by atoms with Crippen LogP contribution < -0.4 is 0 Å². The molecule has 0 radical (unpaired) electrons. The summed E-state index contributed by atoms with van der Waals surface area (Å²) < 4.78 is 42.2. The number of halogens is 1. The minimum absolute atomic E-state index is 0.185. The first-order chi connectivity index (χ1) is 5.41. The normalized spacial score (nSPS) is 11.6. The Morgan fingerprint density at radius 2 is 2.00 bits per heavy atom. The van der Waals surface area contributed by atoms with E-state index in [-0.39, 0.29) is 10.5 Å². The second-order valence-corrected chi connectivity index (χ2v) is 3.81. The van der Waals surface area contributed by atoms with Crippen LogP contribution in [0.15, 0.2) is 23.1 Å². The van der Waals surface area contributed by atoms with Crippen LogP contribution in [0.2, 0.25) is 0 Å². The molecule has 0 unspecified atom stereocenters. The maximum Gasteiger partial charge on any atom is 0.294 e. The Kier molecular flexibility index (Phi) is 2.16. The van der Waals surface area contributed by atoms with Gasteiger partial charge in [-0.2, -0.15) is 8.42 Å². The van der Waals surface area contributed by atoms with Gasteiger partial charge in [0.15, 0.2) is 0 Å². The van der Waals surface area contributed by atoms with E-state index in [0.717, 1.165) is 18.2 Å². The molecule has 0 saturated carbocycles. The number of benzene rings is 1. The van der Waals surface area contributed by atoms with Crippen molar-refractivity contribution in [3.63, 3.8) is 0 Å². The van der Waals surface area contributed by atoms with Crippen molar-refractivity contribution in [1.29, 1.82) is 0 Å². The van der Waals surface area contributed by atoms with Gasteiger partial charge in [0.2, 0.25) is 0 Å². The molecule has 0 bridgehead atoms. The zero-order valence-electron chi connectivity index (χ0n) is 6.28. The van der Waals surface area contributed by atoms with Crippen LogP contribution in [0.4, 0.5) is 4.39 Å². The molecule has 0 heterocycles. The van der Waals surface area contributed by atoms with Crippen molar-refractivity contribution in [3.05, 3.63) is 29.6 Å². The molecule has 0 aliphatic rings. The zero-order valence-corrected chi connectivity index (χ0v) is 7.10. The summed E-state index contributed by atoms with van der Waals surface area (Å²) in [7, 11) is -4.21. The fourth-order valence-electron chi connectivity index (χ4n) is 0.778. The lowest BCUT2D eigenvalue weighted by Crippen LogP contribution is -1.98. The van der Waals surface area contributed by atoms with E-state index >= 15 is 0 Å². The first kappa shape index (κ1) is 9.15. The van der Waals surface area contributed by atoms with Crippen LogP contribution in [-0.2, 0) is 10.1 Å². The summed E-state index contributed by atoms with van der Waals surface area (Å²) in [6.07, 6.45) is 0. The van der Waals surface area contributed by atoms with Gasteiger partial charge in [0.1, 0.15) is 5.82 Å². The molecule has 0 aromatic heterocycles. The van der Waals surface area contributed by atoms with Crippen molar-refractivity contribution < 1.29 is 17.4 Å². The second-order valence-electron chi connectivity index (χ2n) is 2.39. The van der Waals surface area contributed by atoms with Crippen molar-refractivity contribution in [2.45, 2.75) is 11.8 Å². The molecule has 0 saturated heterocycles. The van der Waals surface area contributed by atoms with E-state index in [2.05, 4.69) is 0 Å². The first-order valence-electron chi connectivity index (χ1n) is 3.15. The summed E-state index contributed by atoms with van der Waals surface area (Å²) in [4.78, 5) is -0.290. The van der Waals surface area contributed by atoms with Crippen LogP contribution in [-0.4, -0.2) is 13.0 Å². The molecule has 1 rings (SSSR count). The highest BCUT2D eigenvalue weighted by atomic mass is 32.2. The molecule has 0 fully saturated rings. The third-order valence-corrected chi connectivity index (χ3v) is 2.28. The predicted octanol–water partition coefficient (Wildman–Crippen LogP) is 1.38. The average Bonchev–Trinajstić information content (AvgIpc) is 1.92. The topological polar surface area (TPSA) is 54.4 Å². The monoisotopic (exact) mass is 190 g/mol. The first-order valence-corrected chi connectivity index (χ1v) is 4.59. The zero-order chi connectivity index (χ0) is 9.35. The van der Waals surface area contributed by atoms with Crippen molar-refractivity contribution in [2.75, 3.05) is 0 Å². The van der Waals surface area contributed by atoms with E-state index in [1.807, 2.05) is 0 Å². The highest BCUT2D eigenvalue weighted by Gasteiger charge is 2.10. The van der Waals surface area contributed by atoms with E-state index in [1.165, 1.54) is 6.92 Å². The lowest BCUT2D eigenvalue weighted by Gasteiger charge is -1.98. The average molecular weight is 190 g/mol. The Labute approximate surface area is 69.6 Å². The maximum absolute atomic E-state index is 12.6. The SMILES string of the molecule is Cc1cc(S(=O)(=O)O)ccc1F. The molecule has 0 spiro atoms. The molecule has 0 aliphatic heterocycles. The summed E-state index contributed by atoms with van der Waals surface area (Å²) in [5.41, 5.74) is 0.185. The number of aryl methyl sites for hydroxylation is 1. The smallest absolute Gasteiger partial charge is 0.282 e. The predicted molar refractivity (Wildman–Crippen MR) is 41.0 cm³/mol. The van der Waals surface area contributed by atoms with Gasteiger partial charge in [0.05, 0.1) is 4.90 Å². The Morgan fingerprint density at radius 3 is 2.42 bits per heavy atom. The van der Waals surface area contributed by atoms with Gasteiger partial charge in [-0.1, -0.05) is 0 Å². The van der Waals surface area contributed by atoms with Crippen LogP contribution in [0.1, 0.15) is 5.56 Å². The fraction of sp³-hybridized carbons (Fsp3) is 0.143. The third kappa shape index (κ3) is 1.80. The molecule has 66 valence electrons. The molecular formula is C7H7FO3S. The van der Waals surface area contributed by atoms with E-state index in [4.69, 9.17) is 4.55 Å². The van der Waals surface area contributed by atoms with E-state index in [1.54, 1.807) is 0 Å². The lowest BCUT2D eigenvalue weighted by atomic mass is 10.2. The Bertz CT molecular complexity index is 397. The molecule has 1 aromatic carbocycles. The quantitative estimate of drug-likeness (QED) is 0.680.